The van der Waals surface area contributed by atoms with Crippen LogP contribution in [-0.4, -0.2) is 16.0 Å². The minimum Gasteiger partial charge on any atom is -0.332 e. The standard InChI is InChI=1S/C20H19N3OS/c1-13(2)14-8-10-15(11-9-14)19(24)23-20(25)22-18-7-3-6-17-16(18)5-4-12-21-17/h3-13H,1-2H3,(H2,22,23,24,25). The highest BCUT2D eigenvalue weighted by Gasteiger charge is 2.10. The van der Waals surface area contributed by atoms with Crippen LogP contribution >= 0.6 is 12.2 Å². The van der Waals surface area contributed by atoms with E-state index in [-0.39, 0.29) is 11.0 Å². The number of rotatable bonds is 3. The Balaban J connectivity index is 1.70. The second-order valence-electron chi connectivity index (χ2n) is 6.06. The van der Waals surface area contributed by atoms with E-state index in [0.717, 1.165) is 16.6 Å². The molecule has 0 fully saturated rings. The zero-order valence-corrected chi connectivity index (χ0v) is 14.9. The van der Waals surface area contributed by atoms with Crippen LogP contribution in [0, 0.1) is 0 Å². The number of pyridine rings is 1. The number of hydrogen-bond donors (Lipinski definition) is 2. The van der Waals surface area contributed by atoms with Crippen LogP contribution in [0.3, 0.4) is 0 Å². The molecule has 0 saturated carbocycles. The number of amides is 1. The van der Waals surface area contributed by atoms with Crippen molar-refractivity contribution in [1.29, 1.82) is 0 Å². The molecule has 0 unspecified atom stereocenters. The molecule has 5 heteroatoms. The zero-order chi connectivity index (χ0) is 17.8. The topological polar surface area (TPSA) is 54.0 Å². The molecule has 0 saturated heterocycles. The maximum atomic E-state index is 12.3. The van der Waals surface area contributed by atoms with Gasteiger partial charge in [-0.05, 0) is 60.1 Å². The number of hydrogen-bond acceptors (Lipinski definition) is 3. The number of benzene rings is 2. The lowest BCUT2D eigenvalue weighted by atomic mass is 10.0. The second kappa shape index (κ2) is 7.40. The van der Waals surface area contributed by atoms with E-state index in [2.05, 4.69) is 29.5 Å². The molecular formula is C20H19N3OS. The number of carbonyl (C=O) groups is 1. The quantitative estimate of drug-likeness (QED) is 0.684. The monoisotopic (exact) mass is 349 g/mol. The molecule has 1 aromatic heterocycles. The van der Waals surface area contributed by atoms with E-state index < -0.39 is 0 Å². The predicted octanol–water partition coefficient (Wildman–Crippen LogP) is 4.49. The fraction of sp³-hybridized carbons (Fsp3) is 0.150. The Hall–Kier alpha value is -2.79. The first kappa shape index (κ1) is 17.0. The lowest BCUT2D eigenvalue weighted by molar-refractivity contribution is 0.0977. The Morgan fingerprint density at radius 3 is 2.52 bits per heavy atom. The molecule has 0 bridgehead atoms. The Labute approximate surface area is 152 Å². The van der Waals surface area contributed by atoms with Crippen molar-refractivity contribution in [3.63, 3.8) is 0 Å². The van der Waals surface area contributed by atoms with Crippen LogP contribution in [0.5, 0.6) is 0 Å². The van der Waals surface area contributed by atoms with Gasteiger partial charge in [-0.25, -0.2) is 0 Å². The van der Waals surface area contributed by atoms with Crippen molar-refractivity contribution in [2.45, 2.75) is 19.8 Å². The third-order valence-electron chi connectivity index (χ3n) is 3.96. The molecule has 0 aliphatic rings. The smallest absolute Gasteiger partial charge is 0.257 e. The first-order chi connectivity index (χ1) is 12.0. The number of fused-ring (bicyclic) bond motifs is 1. The molecule has 2 N–H and O–H groups in total. The van der Waals surface area contributed by atoms with Crippen molar-refractivity contribution >= 4 is 39.8 Å². The number of anilines is 1. The Kier molecular flexibility index (Phi) is 5.05. The SMILES string of the molecule is CC(C)c1ccc(C(=O)NC(=S)Nc2cccc3ncccc23)cc1. The van der Waals surface area contributed by atoms with E-state index in [1.54, 1.807) is 6.20 Å². The van der Waals surface area contributed by atoms with E-state index in [0.29, 0.717) is 11.5 Å². The summed E-state index contributed by atoms with van der Waals surface area (Å²) in [7, 11) is 0. The number of nitrogens with one attached hydrogen (secondary N) is 2. The highest BCUT2D eigenvalue weighted by atomic mass is 32.1. The van der Waals surface area contributed by atoms with Gasteiger partial charge in [-0.2, -0.15) is 0 Å². The lowest BCUT2D eigenvalue weighted by Gasteiger charge is -2.12. The molecule has 0 spiro atoms. The number of thiocarbonyl (C=S) groups is 1. The van der Waals surface area contributed by atoms with Gasteiger partial charge < -0.3 is 5.32 Å². The van der Waals surface area contributed by atoms with Crippen molar-refractivity contribution < 1.29 is 4.79 Å². The molecule has 3 rings (SSSR count). The van der Waals surface area contributed by atoms with E-state index in [9.17, 15) is 4.79 Å². The number of aromatic nitrogens is 1. The van der Waals surface area contributed by atoms with Crippen LogP contribution in [0.2, 0.25) is 0 Å². The summed E-state index contributed by atoms with van der Waals surface area (Å²) in [5, 5.41) is 7.00. The van der Waals surface area contributed by atoms with Gasteiger partial charge >= 0.3 is 0 Å². The molecule has 126 valence electrons. The van der Waals surface area contributed by atoms with Crippen LogP contribution in [0.15, 0.2) is 60.8 Å². The fourth-order valence-corrected chi connectivity index (χ4v) is 2.76. The molecule has 1 amide bonds. The van der Waals surface area contributed by atoms with Crippen molar-refractivity contribution in [3.05, 3.63) is 71.9 Å². The van der Waals surface area contributed by atoms with Gasteiger partial charge in [0.2, 0.25) is 0 Å². The van der Waals surface area contributed by atoms with Crippen LogP contribution in [0.1, 0.15) is 35.7 Å². The minimum absolute atomic E-state index is 0.230. The van der Waals surface area contributed by atoms with Gasteiger partial charge in [0, 0.05) is 22.8 Å². The molecule has 0 aliphatic carbocycles. The van der Waals surface area contributed by atoms with Gasteiger partial charge in [-0.15, -0.1) is 0 Å². The lowest BCUT2D eigenvalue weighted by Crippen LogP contribution is -2.34. The maximum absolute atomic E-state index is 12.3. The maximum Gasteiger partial charge on any atom is 0.257 e. The Morgan fingerprint density at radius 2 is 1.80 bits per heavy atom. The summed E-state index contributed by atoms with van der Waals surface area (Å²) in [4.78, 5) is 16.6. The van der Waals surface area contributed by atoms with Crippen LogP contribution < -0.4 is 10.6 Å². The first-order valence-electron chi connectivity index (χ1n) is 8.10. The molecule has 4 nitrogen and oxygen atoms in total. The van der Waals surface area contributed by atoms with Crippen LogP contribution in [0.4, 0.5) is 5.69 Å². The fourth-order valence-electron chi connectivity index (χ4n) is 2.56. The summed E-state index contributed by atoms with van der Waals surface area (Å²) in [6.45, 7) is 4.24. The number of carbonyl (C=O) groups excluding carboxylic acids is 1. The molecule has 0 aliphatic heterocycles. The van der Waals surface area contributed by atoms with Gasteiger partial charge in [0.1, 0.15) is 0 Å². The third-order valence-corrected chi connectivity index (χ3v) is 4.16. The van der Waals surface area contributed by atoms with Gasteiger partial charge in [-0.1, -0.05) is 32.0 Å². The van der Waals surface area contributed by atoms with Gasteiger partial charge in [0.15, 0.2) is 5.11 Å². The van der Waals surface area contributed by atoms with Crippen LogP contribution in [0.25, 0.3) is 10.9 Å². The van der Waals surface area contributed by atoms with E-state index in [4.69, 9.17) is 12.2 Å². The van der Waals surface area contributed by atoms with Gasteiger partial charge in [0.25, 0.3) is 5.91 Å². The summed E-state index contributed by atoms with van der Waals surface area (Å²) in [6.07, 6.45) is 1.74. The van der Waals surface area contributed by atoms with Crippen molar-refractivity contribution in [2.75, 3.05) is 5.32 Å². The minimum atomic E-state index is -0.230. The van der Waals surface area contributed by atoms with Crippen molar-refractivity contribution in [1.82, 2.24) is 10.3 Å². The molecular weight excluding hydrogens is 330 g/mol. The zero-order valence-electron chi connectivity index (χ0n) is 14.1. The van der Waals surface area contributed by atoms with Crippen LogP contribution in [-0.2, 0) is 0 Å². The van der Waals surface area contributed by atoms with Gasteiger partial charge in [0.05, 0.1) is 5.52 Å². The van der Waals surface area contributed by atoms with Crippen molar-refractivity contribution in [2.24, 2.45) is 0 Å². The highest BCUT2D eigenvalue weighted by molar-refractivity contribution is 7.80. The summed E-state index contributed by atoms with van der Waals surface area (Å²) in [5.41, 5.74) is 3.45. The summed E-state index contributed by atoms with van der Waals surface area (Å²) in [5.74, 6) is 0.200. The largest absolute Gasteiger partial charge is 0.332 e. The summed E-state index contributed by atoms with van der Waals surface area (Å²) in [6, 6.07) is 17.1. The average molecular weight is 349 g/mol. The Bertz CT molecular complexity index is 914. The van der Waals surface area contributed by atoms with Gasteiger partial charge in [-0.3, -0.25) is 15.1 Å². The molecule has 1 heterocycles. The summed E-state index contributed by atoms with van der Waals surface area (Å²) >= 11 is 5.28. The molecule has 25 heavy (non-hydrogen) atoms. The summed E-state index contributed by atoms with van der Waals surface area (Å²) < 4.78 is 0. The van der Waals surface area contributed by atoms with E-state index in [1.807, 2.05) is 54.6 Å². The van der Waals surface area contributed by atoms with Crippen molar-refractivity contribution in [3.8, 4) is 0 Å². The first-order valence-corrected chi connectivity index (χ1v) is 8.51. The molecule has 3 aromatic rings. The third kappa shape index (κ3) is 4.00. The normalized spacial score (nSPS) is 10.7. The molecule has 0 atom stereocenters. The average Bonchev–Trinajstić information content (AvgIpc) is 2.62. The molecule has 0 radical (unpaired) electrons. The van der Waals surface area contributed by atoms with E-state index in [1.165, 1.54) is 5.56 Å². The van der Waals surface area contributed by atoms with E-state index >= 15 is 0 Å². The molecule has 2 aromatic carbocycles. The Morgan fingerprint density at radius 1 is 1.04 bits per heavy atom. The second-order valence-corrected chi connectivity index (χ2v) is 6.47. The highest BCUT2D eigenvalue weighted by Crippen LogP contribution is 2.21. The predicted molar refractivity (Wildman–Crippen MR) is 106 cm³/mol. The number of nitrogens with zero attached hydrogens (tertiary/aromatic N) is 1.